The normalized spacial score (nSPS) is 16.9. The Kier molecular flexibility index (Phi) is 5.10. The SMILES string of the molecule is O=C1CC(c2nc(-c3ccc(OC(F)(F)F)cc3)no2)CN1c1cccc(Cl)c1F. The average molecular weight is 442 g/mol. The van der Waals surface area contributed by atoms with Gasteiger partial charge in [0, 0.05) is 18.5 Å². The minimum atomic E-state index is -4.79. The van der Waals surface area contributed by atoms with Crippen molar-refractivity contribution in [1.82, 2.24) is 10.1 Å². The number of carbonyl (C=O) groups excluding carboxylic acids is 1. The molecular formula is C19H12ClF4N3O3. The monoisotopic (exact) mass is 441 g/mol. The van der Waals surface area contributed by atoms with Crippen LogP contribution in [0.5, 0.6) is 5.75 Å². The Labute approximate surface area is 172 Å². The fraction of sp³-hybridized carbons (Fsp3) is 0.211. The van der Waals surface area contributed by atoms with Gasteiger partial charge in [0.05, 0.1) is 16.6 Å². The maximum atomic E-state index is 14.3. The van der Waals surface area contributed by atoms with E-state index in [-0.39, 0.29) is 47.0 Å². The highest BCUT2D eigenvalue weighted by Gasteiger charge is 2.36. The van der Waals surface area contributed by atoms with E-state index >= 15 is 0 Å². The second-order valence-corrected chi connectivity index (χ2v) is 6.91. The van der Waals surface area contributed by atoms with Crippen molar-refractivity contribution in [2.24, 2.45) is 0 Å². The second kappa shape index (κ2) is 7.60. The lowest BCUT2D eigenvalue weighted by molar-refractivity contribution is -0.274. The van der Waals surface area contributed by atoms with Gasteiger partial charge in [0.2, 0.25) is 17.6 Å². The quantitative estimate of drug-likeness (QED) is 0.536. The first-order chi connectivity index (χ1) is 14.2. The number of halogens is 5. The van der Waals surface area contributed by atoms with Crippen molar-refractivity contribution in [3.63, 3.8) is 0 Å². The number of benzene rings is 2. The Morgan fingerprint density at radius 3 is 2.60 bits per heavy atom. The molecule has 2 aromatic carbocycles. The number of nitrogens with zero attached hydrogens (tertiary/aromatic N) is 3. The number of carbonyl (C=O) groups is 1. The van der Waals surface area contributed by atoms with Gasteiger partial charge in [0.15, 0.2) is 5.82 Å². The molecule has 156 valence electrons. The van der Waals surface area contributed by atoms with Crippen LogP contribution in [0.3, 0.4) is 0 Å². The van der Waals surface area contributed by atoms with E-state index in [1.165, 1.54) is 35.2 Å². The van der Waals surface area contributed by atoms with Crippen LogP contribution < -0.4 is 9.64 Å². The standard InChI is InChI=1S/C19H12ClF4N3O3/c20-13-2-1-3-14(16(13)21)27-9-11(8-15(27)28)18-25-17(26-30-18)10-4-6-12(7-5-10)29-19(22,23)24/h1-7,11H,8-9H2. The van der Waals surface area contributed by atoms with Crippen LogP contribution in [-0.2, 0) is 4.79 Å². The number of ether oxygens (including phenoxy) is 1. The Morgan fingerprint density at radius 2 is 1.90 bits per heavy atom. The van der Waals surface area contributed by atoms with E-state index in [9.17, 15) is 22.4 Å². The maximum absolute atomic E-state index is 14.3. The van der Waals surface area contributed by atoms with Crippen LogP contribution in [0.15, 0.2) is 47.0 Å². The molecule has 0 bridgehead atoms. The topological polar surface area (TPSA) is 68.5 Å². The van der Waals surface area contributed by atoms with Crippen molar-refractivity contribution < 1.29 is 31.6 Å². The lowest BCUT2D eigenvalue weighted by Gasteiger charge is -2.17. The summed E-state index contributed by atoms with van der Waals surface area (Å²) in [5.74, 6) is -1.56. The van der Waals surface area contributed by atoms with Crippen molar-refractivity contribution in [3.8, 4) is 17.1 Å². The Balaban J connectivity index is 1.51. The number of hydrogen-bond donors (Lipinski definition) is 0. The Bertz CT molecular complexity index is 1090. The molecule has 1 amide bonds. The highest BCUT2D eigenvalue weighted by atomic mass is 35.5. The van der Waals surface area contributed by atoms with Crippen molar-refractivity contribution in [2.75, 3.05) is 11.4 Å². The third-order valence-electron chi connectivity index (χ3n) is 4.48. The fourth-order valence-corrected chi connectivity index (χ4v) is 3.30. The number of alkyl halides is 3. The zero-order valence-corrected chi connectivity index (χ0v) is 15.7. The van der Waals surface area contributed by atoms with Crippen molar-refractivity contribution in [2.45, 2.75) is 18.7 Å². The molecule has 1 saturated heterocycles. The molecule has 1 atom stereocenters. The van der Waals surface area contributed by atoms with Crippen LogP contribution >= 0.6 is 11.6 Å². The van der Waals surface area contributed by atoms with Gasteiger partial charge >= 0.3 is 6.36 Å². The molecule has 1 aliphatic heterocycles. The van der Waals surface area contributed by atoms with Crippen LogP contribution in [0.4, 0.5) is 23.2 Å². The average Bonchev–Trinajstić information content (AvgIpc) is 3.30. The minimum Gasteiger partial charge on any atom is -0.406 e. The first-order valence-electron chi connectivity index (χ1n) is 8.65. The molecule has 3 aromatic rings. The van der Waals surface area contributed by atoms with Crippen LogP contribution in [0.2, 0.25) is 5.02 Å². The van der Waals surface area contributed by atoms with E-state index in [1.54, 1.807) is 0 Å². The predicted octanol–water partition coefficient (Wildman–Crippen LogP) is 4.95. The molecule has 1 aliphatic rings. The van der Waals surface area contributed by atoms with Gasteiger partial charge in [-0.15, -0.1) is 13.2 Å². The first kappa shape index (κ1) is 20.1. The molecule has 6 nitrogen and oxygen atoms in total. The molecule has 0 saturated carbocycles. The number of anilines is 1. The predicted molar refractivity (Wildman–Crippen MR) is 97.5 cm³/mol. The maximum Gasteiger partial charge on any atom is 0.573 e. The number of amides is 1. The molecule has 11 heteroatoms. The summed E-state index contributed by atoms with van der Waals surface area (Å²) in [5, 5.41) is 3.72. The van der Waals surface area contributed by atoms with Gasteiger partial charge in [-0.2, -0.15) is 4.98 Å². The fourth-order valence-electron chi connectivity index (χ4n) is 3.13. The van der Waals surface area contributed by atoms with Crippen molar-refractivity contribution >= 4 is 23.2 Å². The summed E-state index contributed by atoms with van der Waals surface area (Å²) in [6, 6.07) is 9.33. The van der Waals surface area contributed by atoms with Crippen LogP contribution in [-0.4, -0.2) is 29.0 Å². The van der Waals surface area contributed by atoms with E-state index in [2.05, 4.69) is 14.9 Å². The summed E-state index contributed by atoms with van der Waals surface area (Å²) in [4.78, 5) is 17.9. The highest BCUT2D eigenvalue weighted by Crippen LogP contribution is 2.35. The van der Waals surface area contributed by atoms with E-state index in [1.807, 2.05) is 0 Å². The van der Waals surface area contributed by atoms with Gasteiger partial charge in [-0.25, -0.2) is 4.39 Å². The summed E-state index contributed by atoms with van der Waals surface area (Å²) in [6.45, 7) is 0.121. The minimum absolute atomic E-state index is 0.0337. The van der Waals surface area contributed by atoms with Crippen LogP contribution in [0.1, 0.15) is 18.2 Å². The van der Waals surface area contributed by atoms with Crippen molar-refractivity contribution in [3.05, 3.63) is 59.2 Å². The van der Waals surface area contributed by atoms with Crippen molar-refractivity contribution in [1.29, 1.82) is 0 Å². The van der Waals surface area contributed by atoms with Crippen LogP contribution in [0.25, 0.3) is 11.4 Å². The second-order valence-electron chi connectivity index (χ2n) is 6.51. The lowest BCUT2D eigenvalue weighted by atomic mass is 10.1. The third-order valence-corrected chi connectivity index (χ3v) is 4.78. The molecule has 30 heavy (non-hydrogen) atoms. The first-order valence-corrected chi connectivity index (χ1v) is 9.03. The molecule has 0 radical (unpaired) electrons. The Hall–Kier alpha value is -3.14. The summed E-state index contributed by atoms with van der Waals surface area (Å²) in [6.07, 6.45) is -4.75. The molecule has 0 N–H and O–H groups in total. The number of aromatic nitrogens is 2. The smallest absolute Gasteiger partial charge is 0.406 e. The molecule has 1 unspecified atom stereocenters. The summed E-state index contributed by atoms with van der Waals surface area (Å²) >= 11 is 5.79. The zero-order valence-electron chi connectivity index (χ0n) is 15.0. The molecule has 2 heterocycles. The van der Waals surface area contributed by atoms with Gasteiger partial charge in [-0.05, 0) is 36.4 Å². The molecule has 0 spiro atoms. The van der Waals surface area contributed by atoms with Gasteiger partial charge in [0.25, 0.3) is 0 Å². The summed E-state index contributed by atoms with van der Waals surface area (Å²) in [7, 11) is 0. The molecule has 0 aliphatic carbocycles. The van der Waals surface area contributed by atoms with Gasteiger partial charge in [-0.1, -0.05) is 22.8 Å². The molecule has 1 aromatic heterocycles. The number of rotatable bonds is 4. The summed E-state index contributed by atoms with van der Waals surface area (Å²) < 4.78 is 60.1. The van der Waals surface area contributed by atoms with E-state index in [0.29, 0.717) is 5.56 Å². The molecular weight excluding hydrogens is 430 g/mol. The number of hydrogen-bond acceptors (Lipinski definition) is 5. The van der Waals surface area contributed by atoms with Gasteiger partial charge < -0.3 is 14.2 Å². The highest BCUT2D eigenvalue weighted by molar-refractivity contribution is 6.31. The Morgan fingerprint density at radius 1 is 1.17 bits per heavy atom. The van der Waals surface area contributed by atoms with Crippen LogP contribution in [0, 0.1) is 5.82 Å². The molecule has 1 fully saturated rings. The van der Waals surface area contributed by atoms with E-state index in [4.69, 9.17) is 16.1 Å². The molecule has 4 rings (SSSR count). The van der Waals surface area contributed by atoms with Gasteiger partial charge in [0.1, 0.15) is 5.75 Å². The largest absolute Gasteiger partial charge is 0.573 e. The zero-order chi connectivity index (χ0) is 21.5. The lowest BCUT2D eigenvalue weighted by Crippen LogP contribution is -2.25. The third kappa shape index (κ3) is 4.09. The van der Waals surface area contributed by atoms with E-state index < -0.39 is 18.1 Å². The van der Waals surface area contributed by atoms with E-state index in [0.717, 1.165) is 12.1 Å². The van der Waals surface area contributed by atoms with Gasteiger partial charge in [-0.3, -0.25) is 4.79 Å². The summed E-state index contributed by atoms with van der Waals surface area (Å²) in [5.41, 5.74) is 0.469.